The highest BCUT2D eigenvalue weighted by Crippen LogP contribution is 2.20. The van der Waals surface area contributed by atoms with E-state index in [9.17, 15) is 4.79 Å². The summed E-state index contributed by atoms with van der Waals surface area (Å²) in [6.07, 6.45) is 1.88. The summed E-state index contributed by atoms with van der Waals surface area (Å²) in [4.78, 5) is 11.9. The molecule has 20 heavy (non-hydrogen) atoms. The second kappa shape index (κ2) is 6.11. The third kappa shape index (κ3) is 2.79. The molecule has 0 bridgehead atoms. The Hall–Kier alpha value is -3.20. The summed E-state index contributed by atoms with van der Waals surface area (Å²) in [5, 5.41) is 25.4. The lowest BCUT2D eigenvalue weighted by Crippen LogP contribution is -1.99. The lowest BCUT2D eigenvalue weighted by molar-refractivity contribution is 0.0999. The monoisotopic (exact) mass is 267 g/mol. The first kappa shape index (κ1) is 13.2. The Kier molecular flexibility index (Phi) is 4.04. The molecule has 0 atom stereocenters. The average Bonchev–Trinajstić information content (AvgIpc) is 3.02. The molecule has 0 saturated heterocycles. The van der Waals surface area contributed by atoms with Crippen molar-refractivity contribution in [1.29, 1.82) is 5.26 Å². The Labute approximate surface area is 114 Å². The summed E-state index contributed by atoms with van der Waals surface area (Å²) in [6.45, 7) is 0. The summed E-state index contributed by atoms with van der Waals surface area (Å²) in [6, 6.07) is 11.5. The number of rotatable bonds is 4. The van der Waals surface area contributed by atoms with Gasteiger partial charge in [-0.05, 0) is 24.3 Å². The Morgan fingerprint density at radius 3 is 2.75 bits per heavy atom. The average molecular weight is 267 g/mol. The largest absolute Gasteiger partial charge is 0.513 e. The number of carbonyl (C=O) groups excluding carboxylic acids is 1. The molecule has 6 heteroatoms. The van der Waals surface area contributed by atoms with Crippen LogP contribution in [0.15, 0.2) is 69.3 Å². The highest BCUT2D eigenvalue weighted by molar-refractivity contribution is 6.06. The number of hydrogen-bond donors (Lipinski definition) is 1. The molecule has 1 heterocycles. The first-order valence-electron chi connectivity index (χ1n) is 5.59. The van der Waals surface area contributed by atoms with Crippen LogP contribution in [-0.4, -0.2) is 10.9 Å². The van der Waals surface area contributed by atoms with E-state index in [4.69, 9.17) is 14.8 Å². The fourth-order valence-electron chi connectivity index (χ4n) is 1.43. The Balaban J connectivity index is 2.25. The lowest BCUT2D eigenvalue weighted by atomic mass is 10.2. The first-order valence-corrected chi connectivity index (χ1v) is 5.59. The van der Waals surface area contributed by atoms with Crippen molar-refractivity contribution in [2.45, 2.75) is 0 Å². The van der Waals surface area contributed by atoms with Gasteiger partial charge >= 0.3 is 0 Å². The molecular formula is C14H9N3O3. The van der Waals surface area contributed by atoms with Gasteiger partial charge in [-0.3, -0.25) is 4.79 Å². The standard InChI is InChI=1S/C14H9N3O3/c15-8-10-4-1-2-5-11(10)16-17-12(9-18)14(19)13-6-3-7-20-13/h1-7,9,18H/b12-9-,17-16?. The van der Waals surface area contributed by atoms with Crippen molar-refractivity contribution in [2.75, 3.05) is 0 Å². The van der Waals surface area contributed by atoms with Crippen LogP contribution in [0, 0.1) is 11.3 Å². The number of aliphatic hydroxyl groups is 1. The number of aliphatic hydroxyl groups excluding tert-OH is 1. The van der Waals surface area contributed by atoms with Gasteiger partial charge in [0.25, 0.3) is 5.78 Å². The third-order valence-electron chi connectivity index (χ3n) is 2.39. The van der Waals surface area contributed by atoms with Crippen molar-refractivity contribution in [1.82, 2.24) is 0 Å². The quantitative estimate of drug-likeness (QED) is 0.396. The third-order valence-corrected chi connectivity index (χ3v) is 2.39. The van der Waals surface area contributed by atoms with E-state index in [1.807, 2.05) is 6.07 Å². The van der Waals surface area contributed by atoms with Crippen LogP contribution in [-0.2, 0) is 0 Å². The molecule has 0 radical (unpaired) electrons. The summed E-state index contributed by atoms with van der Waals surface area (Å²) in [5.74, 6) is -0.562. The molecule has 1 N–H and O–H groups in total. The van der Waals surface area contributed by atoms with Crippen LogP contribution in [0.25, 0.3) is 0 Å². The smallest absolute Gasteiger partial charge is 0.251 e. The SMILES string of the molecule is N#Cc1ccccc1N=N/C(=C\O)C(=O)c1ccco1. The predicted molar refractivity (Wildman–Crippen MR) is 69.4 cm³/mol. The minimum Gasteiger partial charge on any atom is -0.513 e. The van der Waals surface area contributed by atoms with Gasteiger partial charge in [-0.2, -0.15) is 5.26 Å². The molecule has 0 aliphatic carbocycles. The molecule has 0 saturated carbocycles. The number of nitriles is 1. The molecule has 0 amide bonds. The molecule has 2 aromatic rings. The highest BCUT2D eigenvalue weighted by Gasteiger charge is 2.15. The summed E-state index contributed by atoms with van der Waals surface area (Å²) in [5.41, 5.74) is 0.341. The van der Waals surface area contributed by atoms with E-state index >= 15 is 0 Å². The first-order chi connectivity index (χ1) is 9.76. The number of furan rings is 1. The zero-order valence-corrected chi connectivity index (χ0v) is 10.2. The van der Waals surface area contributed by atoms with Crippen LogP contribution in [0.5, 0.6) is 0 Å². The second-order valence-corrected chi connectivity index (χ2v) is 3.65. The maximum absolute atomic E-state index is 11.9. The minimum atomic E-state index is -0.601. The number of hydrogen-bond acceptors (Lipinski definition) is 6. The minimum absolute atomic E-state index is 0.0396. The van der Waals surface area contributed by atoms with Crippen molar-refractivity contribution in [3.8, 4) is 6.07 Å². The molecule has 1 aromatic carbocycles. The normalized spacial score (nSPS) is 11.4. The molecule has 0 fully saturated rings. The van der Waals surface area contributed by atoms with Gasteiger partial charge in [0, 0.05) is 0 Å². The van der Waals surface area contributed by atoms with E-state index in [1.54, 1.807) is 30.3 Å². The molecule has 0 unspecified atom stereocenters. The number of ketones is 1. The number of carbonyl (C=O) groups is 1. The molecule has 0 spiro atoms. The van der Waals surface area contributed by atoms with Gasteiger partial charge in [-0.15, -0.1) is 10.2 Å². The van der Waals surface area contributed by atoms with Crippen molar-refractivity contribution >= 4 is 11.5 Å². The van der Waals surface area contributed by atoms with E-state index in [0.717, 1.165) is 0 Å². The van der Waals surface area contributed by atoms with Crippen LogP contribution < -0.4 is 0 Å². The lowest BCUT2D eigenvalue weighted by Gasteiger charge is -1.97. The van der Waals surface area contributed by atoms with E-state index in [0.29, 0.717) is 17.5 Å². The zero-order chi connectivity index (χ0) is 14.4. The number of nitrogens with zero attached hydrogens (tertiary/aromatic N) is 3. The Bertz CT molecular complexity index is 710. The van der Waals surface area contributed by atoms with Gasteiger partial charge in [-0.1, -0.05) is 12.1 Å². The van der Waals surface area contributed by atoms with Crippen LogP contribution in [0.3, 0.4) is 0 Å². The highest BCUT2D eigenvalue weighted by atomic mass is 16.3. The van der Waals surface area contributed by atoms with E-state index in [1.165, 1.54) is 12.3 Å². The second-order valence-electron chi connectivity index (χ2n) is 3.65. The van der Waals surface area contributed by atoms with Crippen molar-refractivity contribution in [2.24, 2.45) is 10.2 Å². The van der Waals surface area contributed by atoms with E-state index in [2.05, 4.69) is 10.2 Å². The van der Waals surface area contributed by atoms with E-state index < -0.39 is 5.78 Å². The topological polar surface area (TPSA) is 99.0 Å². The van der Waals surface area contributed by atoms with Crippen LogP contribution in [0.4, 0.5) is 5.69 Å². The Morgan fingerprint density at radius 1 is 1.30 bits per heavy atom. The fourth-order valence-corrected chi connectivity index (χ4v) is 1.43. The van der Waals surface area contributed by atoms with Crippen molar-refractivity contribution in [3.05, 3.63) is 65.9 Å². The molecular weight excluding hydrogens is 258 g/mol. The maximum atomic E-state index is 11.9. The van der Waals surface area contributed by atoms with Crippen molar-refractivity contribution in [3.63, 3.8) is 0 Å². The Morgan fingerprint density at radius 2 is 2.10 bits per heavy atom. The number of benzene rings is 1. The summed E-state index contributed by atoms with van der Waals surface area (Å²) >= 11 is 0. The van der Waals surface area contributed by atoms with Gasteiger partial charge in [0.2, 0.25) is 0 Å². The number of azo groups is 1. The van der Waals surface area contributed by atoms with Gasteiger partial charge in [-0.25, -0.2) is 0 Å². The van der Waals surface area contributed by atoms with Crippen LogP contribution >= 0.6 is 0 Å². The number of Topliss-reactive ketones (excluding diaryl/α,β-unsaturated/α-hetero) is 1. The summed E-state index contributed by atoms with van der Waals surface area (Å²) < 4.78 is 4.92. The molecule has 0 aliphatic rings. The molecule has 2 rings (SSSR count). The van der Waals surface area contributed by atoms with E-state index in [-0.39, 0.29) is 11.5 Å². The molecule has 1 aromatic heterocycles. The predicted octanol–water partition coefficient (Wildman–Crippen LogP) is 3.52. The molecule has 98 valence electrons. The van der Waals surface area contributed by atoms with Crippen LogP contribution in [0.2, 0.25) is 0 Å². The van der Waals surface area contributed by atoms with Gasteiger partial charge in [0.1, 0.15) is 18.0 Å². The van der Waals surface area contributed by atoms with Gasteiger partial charge in [0.05, 0.1) is 11.8 Å². The fraction of sp³-hybridized carbons (Fsp3) is 0. The maximum Gasteiger partial charge on any atom is 0.251 e. The van der Waals surface area contributed by atoms with Gasteiger partial charge in [0.15, 0.2) is 11.5 Å². The number of allylic oxidation sites excluding steroid dienone is 1. The molecule has 6 nitrogen and oxygen atoms in total. The molecule has 0 aliphatic heterocycles. The van der Waals surface area contributed by atoms with Crippen molar-refractivity contribution < 1.29 is 14.3 Å². The van der Waals surface area contributed by atoms with Crippen LogP contribution in [0.1, 0.15) is 16.1 Å². The zero-order valence-electron chi connectivity index (χ0n) is 10.2. The summed E-state index contributed by atoms with van der Waals surface area (Å²) in [7, 11) is 0. The van der Waals surface area contributed by atoms with Gasteiger partial charge < -0.3 is 9.52 Å².